The van der Waals surface area contributed by atoms with Gasteiger partial charge >= 0.3 is 0 Å². The van der Waals surface area contributed by atoms with Crippen molar-refractivity contribution in [1.82, 2.24) is 9.38 Å². The van der Waals surface area contributed by atoms with Crippen LogP contribution in [0.4, 0.5) is 5.82 Å². The lowest BCUT2D eigenvalue weighted by Crippen LogP contribution is -2.15. The molecule has 0 atom stereocenters. The van der Waals surface area contributed by atoms with Crippen molar-refractivity contribution >= 4 is 40.6 Å². The number of rotatable bonds is 3. The maximum absolute atomic E-state index is 12.3. The van der Waals surface area contributed by atoms with Gasteiger partial charge in [0.05, 0.1) is 10.0 Å². The monoisotopic (exact) mass is 359 g/mol. The Morgan fingerprint density at radius 3 is 2.75 bits per heavy atom. The van der Waals surface area contributed by atoms with E-state index in [0.29, 0.717) is 21.6 Å². The molecule has 1 N–H and O–H groups in total. The van der Waals surface area contributed by atoms with Gasteiger partial charge in [0.2, 0.25) is 5.91 Å². The fraction of sp³-hybridized carbons (Fsp3) is 0.222. The van der Waals surface area contributed by atoms with Gasteiger partial charge in [-0.2, -0.15) is 0 Å². The molecule has 0 unspecified atom stereocenters. The number of hydrogen-bond acceptors (Lipinski definition) is 2. The zero-order valence-corrected chi connectivity index (χ0v) is 14.5. The lowest BCUT2D eigenvalue weighted by atomic mass is 10.1. The summed E-state index contributed by atoms with van der Waals surface area (Å²) in [6, 6.07) is 9.30. The first kappa shape index (κ1) is 15.5. The van der Waals surface area contributed by atoms with Crippen LogP contribution in [0.3, 0.4) is 0 Å². The maximum atomic E-state index is 12.3. The van der Waals surface area contributed by atoms with Crippen LogP contribution in [0.5, 0.6) is 0 Å². The van der Waals surface area contributed by atoms with Crippen LogP contribution in [-0.2, 0) is 4.79 Å². The number of fused-ring (bicyclic) bond motifs is 1. The third-order valence-corrected chi connectivity index (χ3v) is 4.97. The van der Waals surface area contributed by atoms with Crippen molar-refractivity contribution in [1.29, 1.82) is 0 Å². The van der Waals surface area contributed by atoms with Crippen molar-refractivity contribution in [3.8, 4) is 11.3 Å². The van der Waals surface area contributed by atoms with Crippen molar-refractivity contribution in [2.75, 3.05) is 5.32 Å². The molecule has 2 aromatic heterocycles. The van der Waals surface area contributed by atoms with Crippen molar-refractivity contribution in [3.05, 3.63) is 52.1 Å². The normalized spacial score (nSPS) is 14.1. The van der Waals surface area contributed by atoms with Gasteiger partial charge in [0.25, 0.3) is 0 Å². The zero-order valence-electron chi connectivity index (χ0n) is 13.0. The third-order valence-electron chi connectivity index (χ3n) is 4.23. The Bertz CT molecular complexity index is 960. The average Bonchev–Trinajstić information content (AvgIpc) is 3.34. The molecule has 1 aliphatic rings. The van der Waals surface area contributed by atoms with Crippen LogP contribution >= 0.6 is 23.2 Å². The van der Waals surface area contributed by atoms with Gasteiger partial charge in [-0.1, -0.05) is 35.3 Å². The molecule has 3 aromatic rings. The first-order valence-corrected chi connectivity index (χ1v) is 8.54. The van der Waals surface area contributed by atoms with Crippen LogP contribution in [-0.4, -0.2) is 15.3 Å². The number of pyridine rings is 1. The van der Waals surface area contributed by atoms with E-state index >= 15 is 0 Å². The largest absolute Gasteiger partial charge is 0.310 e. The molecule has 1 aromatic carbocycles. The van der Waals surface area contributed by atoms with Crippen LogP contribution in [0, 0.1) is 12.8 Å². The number of carbonyl (C=O) groups is 1. The van der Waals surface area contributed by atoms with Gasteiger partial charge in [0.1, 0.15) is 17.2 Å². The molecule has 0 spiro atoms. The van der Waals surface area contributed by atoms with Crippen LogP contribution in [0.15, 0.2) is 36.5 Å². The van der Waals surface area contributed by atoms with E-state index in [4.69, 9.17) is 28.2 Å². The number of amides is 1. The molecule has 0 saturated heterocycles. The minimum atomic E-state index is 0.0413. The molecule has 1 aliphatic carbocycles. The summed E-state index contributed by atoms with van der Waals surface area (Å²) in [5, 5.41) is 3.99. The second-order valence-electron chi connectivity index (χ2n) is 6.09. The first-order chi connectivity index (χ1) is 11.5. The number of benzene rings is 1. The number of imidazole rings is 1. The minimum absolute atomic E-state index is 0.0413. The summed E-state index contributed by atoms with van der Waals surface area (Å²) >= 11 is 12.2. The third kappa shape index (κ3) is 2.66. The van der Waals surface area contributed by atoms with Crippen LogP contribution in [0.2, 0.25) is 10.0 Å². The van der Waals surface area contributed by atoms with E-state index in [9.17, 15) is 4.79 Å². The number of carbonyl (C=O) groups excluding carboxylic acids is 1. The van der Waals surface area contributed by atoms with E-state index in [2.05, 4.69) is 5.32 Å². The summed E-state index contributed by atoms with van der Waals surface area (Å²) in [4.78, 5) is 17.0. The Labute approximate surface area is 149 Å². The summed E-state index contributed by atoms with van der Waals surface area (Å²) in [7, 11) is 0. The Morgan fingerprint density at radius 2 is 2.04 bits per heavy atom. The van der Waals surface area contributed by atoms with Crippen LogP contribution in [0.25, 0.3) is 16.9 Å². The van der Waals surface area contributed by atoms with Crippen molar-refractivity contribution in [2.24, 2.45) is 5.92 Å². The van der Waals surface area contributed by atoms with Gasteiger partial charge in [-0.15, -0.1) is 0 Å². The highest BCUT2D eigenvalue weighted by molar-refractivity contribution is 6.42. The molecule has 0 bridgehead atoms. The average molecular weight is 360 g/mol. The molecule has 1 fully saturated rings. The molecule has 0 aliphatic heterocycles. The highest BCUT2D eigenvalue weighted by atomic mass is 35.5. The highest BCUT2D eigenvalue weighted by Crippen LogP contribution is 2.35. The quantitative estimate of drug-likeness (QED) is 0.717. The molecule has 1 saturated carbocycles. The molecular formula is C18H15Cl2N3O. The maximum Gasteiger partial charge on any atom is 0.228 e. The summed E-state index contributed by atoms with van der Waals surface area (Å²) < 4.78 is 1.91. The smallest absolute Gasteiger partial charge is 0.228 e. The molecule has 122 valence electrons. The fourth-order valence-corrected chi connectivity index (χ4v) is 3.03. The molecule has 6 heteroatoms. The van der Waals surface area contributed by atoms with Gasteiger partial charge in [-0.25, -0.2) is 4.98 Å². The molecule has 4 rings (SSSR count). The van der Waals surface area contributed by atoms with E-state index in [1.54, 1.807) is 12.1 Å². The summed E-state index contributed by atoms with van der Waals surface area (Å²) in [5.74, 6) is 0.825. The van der Waals surface area contributed by atoms with Crippen molar-refractivity contribution in [3.63, 3.8) is 0 Å². The number of aromatic nitrogens is 2. The Balaban J connectivity index is 1.90. The number of aryl methyl sites for hydroxylation is 1. The zero-order chi connectivity index (χ0) is 16.8. The van der Waals surface area contributed by atoms with Gasteiger partial charge in [-0.3, -0.25) is 9.20 Å². The summed E-state index contributed by atoms with van der Waals surface area (Å²) in [6.45, 7) is 1.99. The Hall–Kier alpha value is -2.04. The second-order valence-corrected chi connectivity index (χ2v) is 6.90. The number of nitrogens with zero attached hydrogens (tertiary/aromatic N) is 2. The summed E-state index contributed by atoms with van der Waals surface area (Å²) in [6.07, 6.45) is 3.80. The van der Waals surface area contributed by atoms with E-state index in [1.165, 1.54) is 0 Å². The lowest BCUT2D eigenvalue weighted by molar-refractivity contribution is -0.117. The van der Waals surface area contributed by atoms with E-state index in [1.807, 2.05) is 35.7 Å². The topological polar surface area (TPSA) is 46.4 Å². The predicted molar refractivity (Wildman–Crippen MR) is 96.7 cm³/mol. The number of halogens is 2. The molecule has 24 heavy (non-hydrogen) atoms. The van der Waals surface area contributed by atoms with Gasteiger partial charge in [0, 0.05) is 17.7 Å². The highest BCUT2D eigenvalue weighted by Gasteiger charge is 2.31. The fourth-order valence-electron chi connectivity index (χ4n) is 2.73. The van der Waals surface area contributed by atoms with E-state index in [-0.39, 0.29) is 11.8 Å². The molecule has 0 radical (unpaired) electrons. The molecule has 1 amide bonds. The van der Waals surface area contributed by atoms with E-state index < -0.39 is 0 Å². The van der Waals surface area contributed by atoms with Crippen molar-refractivity contribution < 1.29 is 4.79 Å². The lowest BCUT2D eigenvalue weighted by Gasteiger charge is -2.08. The van der Waals surface area contributed by atoms with Crippen LogP contribution in [0.1, 0.15) is 18.4 Å². The SMILES string of the molecule is Cc1cccn2c(NC(=O)C3CC3)c(-c3ccc(Cl)c(Cl)c3)nc12. The summed E-state index contributed by atoms with van der Waals surface area (Å²) in [5.41, 5.74) is 3.35. The Kier molecular flexibility index (Phi) is 3.74. The molecule has 2 heterocycles. The molecular weight excluding hydrogens is 345 g/mol. The van der Waals surface area contributed by atoms with Gasteiger partial charge in [-0.05, 0) is 43.5 Å². The van der Waals surface area contributed by atoms with Gasteiger partial charge < -0.3 is 5.32 Å². The number of nitrogens with one attached hydrogen (secondary N) is 1. The van der Waals surface area contributed by atoms with Crippen LogP contribution < -0.4 is 5.32 Å². The Morgan fingerprint density at radius 1 is 1.25 bits per heavy atom. The predicted octanol–water partition coefficient (Wildman–Crippen LogP) is 4.97. The number of hydrogen-bond donors (Lipinski definition) is 1. The number of anilines is 1. The molecule has 4 nitrogen and oxygen atoms in total. The standard InChI is InChI=1S/C18H15Cl2N3O/c1-10-3-2-8-23-16(10)21-15(12-6-7-13(19)14(20)9-12)17(23)22-18(24)11-4-5-11/h2-3,6-9,11H,4-5H2,1H3,(H,22,24). The first-order valence-electron chi connectivity index (χ1n) is 7.78. The van der Waals surface area contributed by atoms with Crippen molar-refractivity contribution in [2.45, 2.75) is 19.8 Å². The second kappa shape index (κ2) is 5.80. The van der Waals surface area contributed by atoms with E-state index in [0.717, 1.165) is 29.6 Å². The van der Waals surface area contributed by atoms with Gasteiger partial charge in [0.15, 0.2) is 0 Å². The minimum Gasteiger partial charge on any atom is -0.310 e.